The van der Waals surface area contributed by atoms with Crippen LogP contribution in [-0.4, -0.2) is 29.3 Å². The molecule has 5 heteroatoms. The second-order valence-electron chi connectivity index (χ2n) is 6.43. The molecule has 1 aromatic carbocycles. The van der Waals surface area contributed by atoms with E-state index in [4.69, 9.17) is 14.9 Å². The van der Waals surface area contributed by atoms with Crippen molar-refractivity contribution in [3.8, 4) is 5.75 Å². The van der Waals surface area contributed by atoms with E-state index < -0.39 is 17.9 Å². The highest BCUT2D eigenvalue weighted by Crippen LogP contribution is 2.38. The molecular weight excluding hydrogens is 296 g/mol. The first-order valence-electron chi connectivity index (χ1n) is 7.82. The van der Waals surface area contributed by atoms with E-state index in [2.05, 4.69) is 0 Å². The second kappa shape index (κ2) is 7.99. The molecule has 0 bridgehead atoms. The Morgan fingerprint density at radius 1 is 0.957 bits per heavy atom. The van der Waals surface area contributed by atoms with E-state index in [9.17, 15) is 9.59 Å². The summed E-state index contributed by atoms with van der Waals surface area (Å²) in [6, 6.07) is 3.79. The largest absolute Gasteiger partial charge is 0.496 e. The average Bonchev–Trinajstić information content (AvgIpc) is 2.43. The monoisotopic (exact) mass is 322 g/mol. The Labute approximate surface area is 137 Å². The summed E-state index contributed by atoms with van der Waals surface area (Å²) in [5.74, 6) is -1.35. The normalized spacial score (nSPS) is 11.3. The maximum atomic E-state index is 11.1. The summed E-state index contributed by atoms with van der Waals surface area (Å²) in [5.41, 5.74) is 2.71. The van der Waals surface area contributed by atoms with Crippen LogP contribution in [-0.2, 0) is 9.59 Å². The van der Waals surface area contributed by atoms with Crippen molar-refractivity contribution < 1.29 is 24.5 Å². The molecule has 0 aliphatic carbocycles. The van der Waals surface area contributed by atoms with Crippen molar-refractivity contribution in [1.29, 1.82) is 0 Å². The molecule has 0 heterocycles. The predicted octanol–water partition coefficient (Wildman–Crippen LogP) is 3.98. The van der Waals surface area contributed by atoms with E-state index in [0.717, 1.165) is 22.4 Å². The molecule has 23 heavy (non-hydrogen) atoms. The molecule has 0 radical (unpaired) electrons. The lowest BCUT2D eigenvalue weighted by Crippen LogP contribution is -2.13. The first-order chi connectivity index (χ1) is 10.7. The lowest BCUT2D eigenvalue weighted by atomic mass is 9.85. The van der Waals surface area contributed by atoms with Crippen LogP contribution in [0.4, 0.5) is 0 Å². The second-order valence-corrected chi connectivity index (χ2v) is 6.43. The van der Waals surface area contributed by atoms with E-state index in [1.54, 1.807) is 7.11 Å². The molecule has 0 aliphatic heterocycles. The summed E-state index contributed by atoms with van der Waals surface area (Å²) >= 11 is 0. The van der Waals surface area contributed by atoms with Gasteiger partial charge in [-0.05, 0) is 28.5 Å². The SMILES string of the molecule is COc1c(C(C)C)cc(C(CC(=O)O)CC(=O)O)cc1C(C)C. The first kappa shape index (κ1) is 19.0. The maximum Gasteiger partial charge on any atom is 0.303 e. The van der Waals surface area contributed by atoms with Crippen molar-refractivity contribution in [2.45, 2.75) is 58.3 Å². The smallest absolute Gasteiger partial charge is 0.303 e. The van der Waals surface area contributed by atoms with Crippen LogP contribution in [0.3, 0.4) is 0 Å². The topological polar surface area (TPSA) is 83.8 Å². The maximum absolute atomic E-state index is 11.1. The number of carboxylic acid groups (broad SMARTS) is 2. The Morgan fingerprint density at radius 3 is 1.61 bits per heavy atom. The van der Waals surface area contributed by atoms with Gasteiger partial charge in [0.2, 0.25) is 0 Å². The molecule has 5 nitrogen and oxygen atoms in total. The van der Waals surface area contributed by atoms with E-state index in [0.29, 0.717) is 0 Å². The van der Waals surface area contributed by atoms with Gasteiger partial charge in [0.15, 0.2) is 0 Å². The fourth-order valence-corrected chi connectivity index (χ4v) is 2.76. The molecule has 128 valence electrons. The van der Waals surface area contributed by atoms with Crippen LogP contribution < -0.4 is 4.74 Å². The molecule has 0 saturated carbocycles. The van der Waals surface area contributed by atoms with E-state index >= 15 is 0 Å². The third kappa shape index (κ3) is 4.98. The number of methoxy groups -OCH3 is 1. The Morgan fingerprint density at radius 2 is 1.35 bits per heavy atom. The Balaban J connectivity index is 3.48. The third-order valence-electron chi connectivity index (χ3n) is 3.93. The first-order valence-corrected chi connectivity index (χ1v) is 7.82. The minimum Gasteiger partial charge on any atom is -0.496 e. The Kier molecular flexibility index (Phi) is 6.61. The predicted molar refractivity (Wildman–Crippen MR) is 88.4 cm³/mol. The Bertz CT molecular complexity index is 530. The minimum absolute atomic E-state index is 0.192. The quantitative estimate of drug-likeness (QED) is 0.756. The van der Waals surface area contributed by atoms with Crippen LogP contribution in [0.25, 0.3) is 0 Å². The van der Waals surface area contributed by atoms with Crippen LogP contribution in [0.15, 0.2) is 12.1 Å². The lowest BCUT2D eigenvalue weighted by molar-refractivity contribution is -0.139. The van der Waals surface area contributed by atoms with Gasteiger partial charge in [0.05, 0.1) is 20.0 Å². The summed E-state index contributed by atoms with van der Waals surface area (Å²) in [6.45, 7) is 8.15. The van der Waals surface area contributed by atoms with Gasteiger partial charge in [0.1, 0.15) is 5.75 Å². The zero-order chi connectivity index (χ0) is 17.7. The highest BCUT2D eigenvalue weighted by Gasteiger charge is 2.23. The molecule has 0 aromatic heterocycles. The molecule has 2 N–H and O–H groups in total. The third-order valence-corrected chi connectivity index (χ3v) is 3.93. The van der Waals surface area contributed by atoms with Crippen LogP contribution in [0.2, 0.25) is 0 Å². The van der Waals surface area contributed by atoms with Crippen molar-refractivity contribution in [2.24, 2.45) is 0 Å². The van der Waals surface area contributed by atoms with Gasteiger partial charge in [-0.2, -0.15) is 0 Å². The summed E-state index contributed by atoms with van der Waals surface area (Å²) in [6.07, 6.45) is -0.401. The van der Waals surface area contributed by atoms with Gasteiger partial charge in [-0.3, -0.25) is 9.59 Å². The summed E-state index contributed by atoms with van der Waals surface area (Å²) in [7, 11) is 1.62. The van der Waals surface area contributed by atoms with E-state index in [1.807, 2.05) is 39.8 Å². The number of hydrogen-bond donors (Lipinski definition) is 2. The van der Waals surface area contributed by atoms with E-state index in [1.165, 1.54) is 0 Å². The van der Waals surface area contributed by atoms with Crippen LogP contribution >= 0.6 is 0 Å². The van der Waals surface area contributed by atoms with Gasteiger partial charge in [0, 0.05) is 5.92 Å². The average molecular weight is 322 g/mol. The van der Waals surface area contributed by atoms with Gasteiger partial charge in [0.25, 0.3) is 0 Å². The summed E-state index contributed by atoms with van der Waals surface area (Å²) in [4.78, 5) is 22.2. The standard InChI is InChI=1S/C18H26O5/c1-10(2)14-6-12(7-15(11(3)4)18(14)23-5)13(8-16(19)20)9-17(21)22/h6-7,10-11,13H,8-9H2,1-5H3,(H,19,20)(H,21,22). The van der Waals surface area contributed by atoms with Gasteiger partial charge < -0.3 is 14.9 Å². The number of rotatable bonds is 8. The van der Waals surface area contributed by atoms with E-state index in [-0.39, 0.29) is 24.7 Å². The number of benzene rings is 1. The highest BCUT2D eigenvalue weighted by molar-refractivity contribution is 5.72. The molecular formula is C18H26O5. The van der Waals surface area contributed by atoms with Crippen molar-refractivity contribution in [2.75, 3.05) is 7.11 Å². The molecule has 0 aliphatic rings. The van der Waals surface area contributed by atoms with Crippen molar-refractivity contribution >= 4 is 11.9 Å². The number of carbonyl (C=O) groups is 2. The fourth-order valence-electron chi connectivity index (χ4n) is 2.76. The molecule has 0 spiro atoms. The van der Waals surface area contributed by atoms with Gasteiger partial charge >= 0.3 is 11.9 Å². The molecule has 0 fully saturated rings. The van der Waals surface area contributed by atoms with Crippen molar-refractivity contribution in [1.82, 2.24) is 0 Å². The van der Waals surface area contributed by atoms with Gasteiger partial charge in [-0.1, -0.05) is 39.8 Å². The zero-order valence-corrected chi connectivity index (χ0v) is 14.4. The van der Waals surface area contributed by atoms with Gasteiger partial charge in [-0.15, -0.1) is 0 Å². The highest BCUT2D eigenvalue weighted by atomic mass is 16.5. The molecule has 0 unspecified atom stereocenters. The number of hydrogen-bond acceptors (Lipinski definition) is 3. The van der Waals surface area contributed by atoms with Crippen LogP contribution in [0, 0.1) is 0 Å². The van der Waals surface area contributed by atoms with Gasteiger partial charge in [-0.25, -0.2) is 0 Å². The molecule has 0 amide bonds. The molecule has 1 aromatic rings. The molecule has 1 rings (SSSR count). The number of ether oxygens (including phenoxy) is 1. The lowest BCUT2D eigenvalue weighted by Gasteiger charge is -2.23. The van der Waals surface area contributed by atoms with Crippen molar-refractivity contribution in [3.05, 3.63) is 28.8 Å². The number of aliphatic carboxylic acids is 2. The van der Waals surface area contributed by atoms with Crippen LogP contribution in [0.1, 0.15) is 75.0 Å². The van der Waals surface area contributed by atoms with Crippen molar-refractivity contribution in [3.63, 3.8) is 0 Å². The fraction of sp³-hybridized carbons (Fsp3) is 0.556. The zero-order valence-electron chi connectivity index (χ0n) is 14.4. The molecule has 0 saturated heterocycles. The summed E-state index contributed by atoms with van der Waals surface area (Å²) in [5, 5.41) is 18.2. The minimum atomic E-state index is -0.996. The summed E-state index contributed by atoms with van der Waals surface area (Å²) < 4.78 is 5.56. The Hall–Kier alpha value is -2.04. The van der Waals surface area contributed by atoms with Crippen LogP contribution in [0.5, 0.6) is 5.75 Å². The molecule has 0 atom stereocenters. The number of carboxylic acids is 2.